The number of fused-ring (bicyclic) bond motifs is 5. The topological polar surface area (TPSA) is 89.9 Å². The lowest BCUT2D eigenvalue weighted by Crippen LogP contribution is -2.58. The van der Waals surface area contributed by atoms with Gasteiger partial charge in [0.2, 0.25) is 0 Å². The molecule has 0 N–H and O–H groups in total. The Morgan fingerprint density at radius 2 is 1.89 bits per heavy atom. The molecule has 0 aromatic heterocycles. The molecular formula is C21H29NO5. The Morgan fingerprint density at radius 3 is 2.56 bits per heavy atom. The van der Waals surface area contributed by atoms with Gasteiger partial charge in [0.1, 0.15) is 11.9 Å². The largest absolute Gasteiger partial charge is 0.463 e. The normalized spacial score (nSPS) is 49.0. The number of carbonyl (C=O) groups excluding carboxylic acids is 3. The van der Waals surface area contributed by atoms with Crippen LogP contribution in [0.5, 0.6) is 0 Å². The number of carbonyl (C=O) groups is 3. The van der Waals surface area contributed by atoms with Crippen LogP contribution in [0.25, 0.3) is 0 Å². The molecule has 0 spiro atoms. The van der Waals surface area contributed by atoms with E-state index in [1.165, 1.54) is 6.92 Å². The molecule has 0 aromatic rings. The second-order valence-electron chi connectivity index (χ2n) is 9.82. The van der Waals surface area contributed by atoms with E-state index in [0.717, 1.165) is 32.1 Å². The van der Waals surface area contributed by atoms with Crippen molar-refractivity contribution >= 4 is 17.5 Å². The van der Waals surface area contributed by atoms with Gasteiger partial charge in [-0.3, -0.25) is 14.4 Å². The highest BCUT2D eigenvalue weighted by Crippen LogP contribution is 2.64. The molecule has 0 aromatic carbocycles. The van der Waals surface area contributed by atoms with Gasteiger partial charge in [0.05, 0.1) is 0 Å². The summed E-state index contributed by atoms with van der Waals surface area (Å²) in [6, 6.07) is -0.781. The van der Waals surface area contributed by atoms with E-state index in [0.29, 0.717) is 12.3 Å². The van der Waals surface area contributed by atoms with E-state index in [9.17, 15) is 19.3 Å². The van der Waals surface area contributed by atoms with Gasteiger partial charge in [-0.25, -0.2) is 0 Å². The van der Waals surface area contributed by atoms with Crippen LogP contribution in [-0.2, 0) is 19.1 Å². The summed E-state index contributed by atoms with van der Waals surface area (Å²) >= 11 is 0. The van der Waals surface area contributed by atoms with Gasteiger partial charge in [-0.2, -0.15) is 4.91 Å². The zero-order valence-corrected chi connectivity index (χ0v) is 16.4. The van der Waals surface area contributed by atoms with Crippen LogP contribution >= 0.6 is 0 Å². The van der Waals surface area contributed by atoms with E-state index in [2.05, 4.69) is 12.1 Å². The molecule has 0 radical (unpaired) electrons. The van der Waals surface area contributed by atoms with Crippen LogP contribution in [0.4, 0.5) is 0 Å². The fourth-order valence-electron chi connectivity index (χ4n) is 7.27. The Kier molecular flexibility index (Phi) is 4.32. The molecule has 0 heterocycles. The second-order valence-corrected chi connectivity index (χ2v) is 9.82. The van der Waals surface area contributed by atoms with Crippen LogP contribution in [0.3, 0.4) is 0 Å². The molecule has 4 rings (SSSR count). The van der Waals surface area contributed by atoms with Gasteiger partial charge in [0.25, 0.3) is 0 Å². The van der Waals surface area contributed by atoms with Gasteiger partial charge in [0.15, 0.2) is 11.8 Å². The molecular weight excluding hydrogens is 346 g/mol. The predicted octanol–water partition coefficient (Wildman–Crippen LogP) is 3.45. The van der Waals surface area contributed by atoms with Gasteiger partial charge in [0, 0.05) is 24.7 Å². The van der Waals surface area contributed by atoms with Crippen LogP contribution in [0, 0.1) is 39.4 Å². The number of nitroso groups, excluding NO2 is 1. The zero-order valence-electron chi connectivity index (χ0n) is 16.4. The van der Waals surface area contributed by atoms with Crippen molar-refractivity contribution in [1.82, 2.24) is 0 Å². The van der Waals surface area contributed by atoms with E-state index in [4.69, 9.17) is 4.74 Å². The molecule has 0 amide bonds. The highest BCUT2D eigenvalue weighted by Gasteiger charge is 2.65. The molecule has 148 valence electrons. The smallest absolute Gasteiger partial charge is 0.302 e. The average molecular weight is 375 g/mol. The van der Waals surface area contributed by atoms with E-state index >= 15 is 0 Å². The number of ketones is 2. The van der Waals surface area contributed by atoms with Crippen molar-refractivity contribution in [2.24, 2.45) is 39.7 Å². The van der Waals surface area contributed by atoms with Gasteiger partial charge < -0.3 is 4.74 Å². The minimum atomic E-state index is -0.781. The molecule has 0 saturated heterocycles. The van der Waals surface area contributed by atoms with Crippen molar-refractivity contribution < 1.29 is 19.1 Å². The molecule has 6 heteroatoms. The molecule has 6 nitrogen and oxygen atoms in total. The highest BCUT2D eigenvalue weighted by atomic mass is 16.5. The minimum absolute atomic E-state index is 0.0437. The van der Waals surface area contributed by atoms with Crippen LogP contribution in [0.2, 0.25) is 0 Å². The van der Waals surface area contributed by atoms with Crippen LogP contribution in [0.15, 0.2) is 5.18 Å². The fraction of sp³-hybridized carbons (Fsp3) is 0.857. The monoisotopic (exact) mass is 375 g/mol. The van der Waals surface area contributed by atoms with Gasteiger partial charge >= 0.3 is 5.97 Å². The number of hydrogen-bond acceptors (Lipinski definition) is 6. The summed E-state index contributed by atoms with van der Waals surface area (Å²) in [6.07, 6.45) is 5.09. The van der Waals surface area contributed by atoms with Crippen molar-refractivity contribution in [1.29, 1.82) is 0 Å². The number of rotatable bonds is 2. The molecule has 4 aliphatic carbocycles. The molecule has 4 aliphatic rings. The van der Waals surface area contributed by atoms with Crippen molar-refractivity contribution in [3.8, 4) is 0 Å². The zero-order chi connectivity index (χ0) is 19.6. The standard InChI is InChI=1S/C21H29NO5/c1-11(23)27-13-6-7-20(2)12(8-13)4-5-14-15-9-16(22-26)19(25)21(15,3)10-17(24)18(14)20/h12-16,18H,4-10H2,1-3H3/t12?,13?,14-,15-,16?,18-,20-,21-/m0/s1. The van der Waals surface area contributed by atoms with E-state index in [-0.39, 0.29) is 53.2 Å². The number of Topliss-reactive ketones (excluding diaryl/α,β-unsaturated/α-hetero) is 2. The minimum Gasteiger partial charge on any atom is -0.463 e. The Labute approximate surface area is 159 Å². The quantitative estimate of drug-likeness (QED) is 0.545. The third-order valence-electron chi connectivity index (χ3n) is 8.50. The first-order chi connectivity index (χ1) is 12.7. The molecule has 3 unspecified atom stereocenters. The maximum atomic E-state index is 13.3. The molecule has 27 heavy (non-hydrogen) atoms. The summed E-state index contributed by atoms with van der Waals surface area (Å²) in [5.41, 5.74) is -0.817. The first-order valence-corrected chi connectivity index (χ1v) is 10.3. The summed E-state index contributed by atoms with van der Waals surface area (Å²) in [5.74, 6) is 0.390. The molecule has 0 aliphatic heterocycles. The first-order valence-electron chi connectivity index (χ1n) is 10.3. The maximum Gasteiger partial charge on any atom is 0.302 e. The average Bonchev–Trinajstić information content (AvgIpc) is 2.85. The lowest BCUT2D eigenvalue weighted by molar-refractivity contribution is -0.168. The summed E-state index contributed by atoms with van der Waals surface area (Å²) in [6.45, 7) is 5.56. The fourth-order valence-corrected chi connectivity index (χ4v) is 7.27. The van der Waals surface area contributed by atoms with Gasteiger partial charge in [-0.1, -0.05) is 19.0 Å². The first kappa shape index (κ1) is 18.8. The second kappa shape index (κ2) is 6.21. The summed E-state index contributed by atoms with van der Waals surface area (Å²) < 4.78 is 5.46. The van der Waals surface area contributed by atoms with Crippen LogP contribution in [-0.4, -0.2) is 29.7 Å². The Morgan fingerprint density at radius 1 is 1.15 bits per heavy atom. The van der Waals surface area contributed by atoms with Crippen molar-refractivity contribution in [2.45, 2.75) is 77.9 Å². The van der Waals surface area contributed by atoms with Gasteiger partial charge in [-0.05, 0) is 61.7 Å². The third-order valence-corrected chi connectivity index (χ3v) is 8.50. The van der Waals surface area contributed by atoms with Crippen LogP contribution in [0.1, 0.15) is 65.7 Å². The number of hydrogen-bond donors (Lipinski definition) is 0. The summed E-state index contributed by atoms with van der Waals surface area (Å²) in [7, 11) is 0. The number of esters is 1. The van der Waals surface area contributed by atoms with Crippen molar-refractivity contribution in [3.05, 3.63) is 4.91 Å². The van der Waals surface area contributed by atoms with Crippen molar-refractivity contribution in [3.63, 3.8) is 0 Å². The van der Waals surface area contributed by atoms with E-state index < -0.39 is 11.5 Å². The van der Waals surface area contributed by atoms with Crippen molar-refractivity contribution in [2.75, 3.05) is 0 Å². The van der Waals surface area contributed by atoms with Crippen LogP contribution < -0.4 is 0 Å². The van der Waals surface area contributed by atoms with Gasteiger partial charge in [-0.15, -0.1) is 0 Å². The molecule has 4 saturated carbocycles. The SMILES string of the molecule is CC(=O)OC1CC[C@@]2(C)C(CC[C@@H]3[C@H]2C(=O)C[C@]2(C)C(=O)C(N=O)C[C@@H]32)C1. The summed E-state index contributed by atoms with van der Waals surface area (Å²) in [5, 5.41) is 3.08. The third kappa shape index (κ3) is 2.62. The number of nitrogens with zero attached hydrogens (tertiary/aromatic N) is 1. The Balaban J connectivity index is 1.62. The summed E-state index contributed by atoms with van der Waals surface area (Å²) in [4.78, 5) is 48.5. The van der Waals surface area contributed by atoms with E-state index in [1.807, 2.05) is 6.92 Å². The Hall–Kier alpha value is -1.59. The number of ether oxygens (including phenoxy) is 1. The maximum absolute atomic E-state index is 13.3. The lowest BCUT2D eigenvalue weighted by Gasteiger charge is -2.59. The lowest BCUT2D eigenvalue weighted by atomic mass is 9.45. The van der Waals surface area contributed by atoms with E-state index in [1.54, 1.807) is 0 Å². The molecule has 4 fully saturated rings. The molecule has 0 bridgehead atoms. The predicted molar refractivity (Wildman–Crippen MR) is 97.6 cm³/mol. The Bertz CT molecular complexity index is 705. The highest BCUT2D eigenvalue weighted by molar-refractivity contribution is 5.98. The molecule has 8 atom stereocenters.